The molecule has 100 valence electrons. The molecule has 0 radical (unpaired) electrons. The van der Waals surface area contributed by atoms with Crippen molar-refractivity contribution in [2.24, 2.45) is 0 Å². The van der Waals surface area contributed by atoms with Crippen LogP contribution in [-0.2, 0) is 6.61 Å². The van der Waals surface area contributed by atoms with Gasteiger partial charge in [-0.15, -0.1) is 15.0 Å². The standard InChI is InChI=1S/C13H10ClN5O/c14-11-7-15-12(6-10(11)8-20)19-17-13(16-18-19)9-4-2-1-3-5-9/h1-7,20H,8H2. The number of aliphatic hydroxyl groups excluding tert-OH is 1. The maximum Gasteiger partial charge on any atom is 0.205 e. The van der Waals surface area contributed by atoms with E-state index in [4.69, 9.17) is 11.6 Å². The summed E-state index contributed by atoms with van der Waals surface area (Å²) < 4.78 is 0. The maximum absolute atomic E-state index is 9.20. The number of aromatic nitrogens is 5. The molecule has 3 aromatic rings. The molecule has 0 fully saturated rings. The minimum atomic E-state index is -0.172. The van der Waals surface area contributed by atoms with Crippen LogP contribution in [0.1, 0.15) is 5.56 Å². The van der Waals surface area contributed by atoms with Gasteiger partial charge in [0.25, 0.3) is 0 Å². The lowest BCUT2D eigenvalue weighted by Gasteiger charge is -2.02. The van der Waals surface area contributed by atoms with Crippen molar-refractivity contribution in [3.8, 4) is 17.2 Å². The highest BCUT2D eigenvalue weighted by Crippen LogP contribution is 2.18. The summed E-state index contributed by atoms with van der Waals surface area (Å²) in [4.78, 5) is 5.42. The van der Waals surface area contributed by atoms with Crippen molar-refractivity contribution in [2.75, 3.05) is 0 Å². The zero-order valence-corrected chi connectivity index (χ0v) is 11.1. The molecule has 1 N–H and O–H groups in total. The Morgan fingerprint density at radius 2 is 2.00 bits per heavy atom. The first-order valence-corrected chi connectivity index (χ1v) is 6.27. The number of tetrazole rings is 1. The van der Waals surface area contributed by atoms with Crippen molar-refractivity contribution in [1.29, 1.82) is 0 Å². The number of pyridine rings is 1. The van der Waals surface area contributed by atoms with Crippen molar-refractivity contribution >= 4 is 11.6 Å². The molecule has 6 nitrogen and oxygen atoms in total. The van der Waals surface area contributed by atoms with Crippen LogP contribution >= 0.6 is 11.6 Å². The average molecular weight is 288 g/mol. The third-order valence-corrected chi connectivity index (χ3v) is 3.08. The van der Waals surface area contributed by atoms with Gasteiger partial charge in [-0.3, -0.25) is 0 Å². The van der Waals surface area contributed by atoms with Gasteiger partial charge in [0.15, 0.2) is 5.82 Å². The Morgan fingerprint density at radius 1 is 1.20 bits per heavy atom. The Morgan fingerprint density at radius 3 is 2.75 bits per heavy atom. The lowest BCUT2D eigenvalue weighted by molar-refractivity contribution is 0.281. The van der Waals surface area contributed by atoms with Crippen LogP contribution in [0, 0.1) is 0 Å². The second kappa shape index (κ2) is 5.36. The topological polar surface area (TPSA) is 76.7 Å². The second-order valence-electron chi connectivity index (χ2n) is 4.06. The number of halogens is 1. The SMILES string of the molecule is OCc1cc(-n2nnc(-c3ccccc3)n2)ncc1Cl. The van der Waals surface area contributed by atoms with Gasteiger partial charge in [0.1, 0.15) is 0 Å². The average Bonchev–Trinajstić information content (AvgIpc) is 2.98. The Kier molecular flexibility index (Phi) is 3.41. The van der Waals surface area contributed by atoms with Crippen LogP contribution in [-0.4, -0.2) is 30.3 Å². The Balaban J connectivity index is 1.98. The molecule has 0 saturated heterocycles. The summed E-state index contributed by atoms with van der Waals surface area (Å²) in [5.41, 5.74) is 1.44. The first kappa shape index (κ1) is 12.7. The van der Waals surface area contributed by atoms with Crippen molar-refractivity contribution in [1.82, 2.24) is 25.2 Å². The minimum Gasteiger partial charge on any atom is -0.392 e. The maximum atomic E-state index is 9.20. The van der Waals surface area contributed by atoms with Crippen molar-refractivity contribution in [3.05, 3.63) is 53.2 Å². The van der Waals surface area contributed by atoms with E-state index in [1.165, 1.54) is 11.0 Å². The van der Waals surface area contributed by atoms with Gasteiger partial charge in [-0.2, -0.15) is 0 Å². The lowest BCUT2D eigenvalue weighted by Crippen LogP contribution is -2.03. The normalized spacial score (nSPS) is 10.7. The van der Waals surface area contributed by atoms with E-state index in [1.807, 2.05) is 30.3 Å². The fraction of sp³-hybridized carbons (Fsp3) is 0.0769. The molecule has 2 aromatic heterocycles. The van der Waals surface area contributed by atoms with Crippen LogP contribution < -0.4 is 0 Å². The molecular weight excluding hydrogens is 278 g/mol. The molecule has 1 aromatic carbocycles. The van der Waals surface area contributed by atoms with Crippen molar-refractivity contribution < 1.29 is 5.11 Å². The van der Waals surface area contributed by atoms with Crippen molar-refractivity contribution in [3.63, 3.8) is 0 Å². The Bertz CT molecular complexity index is 729. The molecule has 0 unspecified atom stereocenters. The van der Waals surface area contributed by atoms with E-state index < -0.39 is 0 Å². The second-order valence-corrected chi connectivity index (χ2v) is 4.47. The lowest BCUT2D eigenvalue weighted by atomic mass is 10.2. The molecule has 7 heteroatoms. The number of hydrogen-bond donors (Lipinski definition) is 1. The fourth-order valence-electron chi connectivity index (χ4n) is 1.71. The van der Waals surface area contributed by atoms with Gasteiger partial charge in [-0.05, 0) is 11.3 Å². The van der Waals surface area contributed by atoms with Crippen LogP contribution in [0.5, 0.6) is 0 Å². The molecule has 0 aliphatic heterocycles. The summed E-state index contributed by atoms with van der Waals surface area (Å²) in [6.07, 6.45) is 1.45. The van der Waals surface area contributed by atoms with E-state index in [9.17, 15) is 5.11 Å². The molecule has 20 heavy (non-hydrogen) atoms. The molecule has 0 atom stereocenters. The molecule has 0 saturated carbocycles. The monoisotopic (exact) mass is 287 g/mol. The van der Waals surface area contributed by atoms with Crippen LogP contribution in [0.3, 0.4) is 0 Å². The zero-order chi connectivity index (χ0) is 13.9. The summed E-state index contributed by atoms with van der Waals surface area (Å²) in [6, 6.07) is 11.1. The van der Waals surface area contributed by atoms with Crippen LogP contribution in [0.2, 0.25) is 5.02 Å². The molecular formula is C13H10ClN5O. The quantitative estimate of drug-likeness (QED) is 0.796. The van der Waals surface area contributed by atoms with Gasteiger partial charge in [0.2, 0.25) is 5.82 Å². The van der Waals surface area contributed by atoms with Gasteiger partial charge >= 0.3 is 0 Å². The molecule has 3 rings (SSSR count). The highest BCUT2D eigenvalue weighted by molar-refractivity contribution is 6.31. The van der Waals surface area contributed by atoms with Crippen LogP contribution in [0.4, 0.5) is 0 Å². The molecule has 0 aliphatic rings. The third kappa shape index (κ3) is 2.38. The molecule has 2 heterocycles. The summed E-state index contributed by atoms with van der Waals surface area (Å²) in [6.45, 7) is -0.172. The number of benzene rings is 1. The summed E-state index contributed by atoms with van der Waals surface area (Å²) in [7, 11) is 0. The molecule has 0 amide bonds. The first-order chi connectivity index (χ1) is 9.78. The van der Waals surface area contributed by atoms with Gasteiger partial charge in [0.05, 0.1) is 11.6 Å². The predicted octanol–water partition coefficient (Wildman–Crippen LogP) is 1.87. The first-order valence-electron chi connectivity index (χ1n) is 5.89. The summed E-state index contributed by atoms with van der Waals surface area (Å²) >= 11 is 5.90. The van der Waals surface area contributed by atoms with Crippen LogP contribution in [0.25, 0.3) is 17.2 Å². The largest absolute Gasteiger partial charge is 0.392 e. The van der Waals surface area contributed by atoms with E-state index in [0.717, 1.165) is 5.56 Å². The van der Waals surface area contributed by atoms with E-state index >= 15 is 0 Å². The number of nitrogens with zero attached hydrogens (tertiary/aromatic N) is 5. The van der Waals surface area contributed by atoms with Crippen LogP contribution in [0.15, 0.2) is 42.6 Å². The predicted molar refractivity (Wildman–Crippen MR) is 73.3 cm³/mol. The smallest absolute Gasteiger partial charge is 0.205 e. The summed E-state index contributed by atoms with van der Waals surface area (Å²) in [5, 5.41) is 21.8. The van der Waals surface area contributed by atoms with E-state index in [-0.39, 0.29) is 6.61 Å². The highest BCUT2D eigenvalue weighted by atomic mass is 35.5. The van der Waals surface area contributed by atoms with Crippen molar-refractivity contribution in [2.45, 2.75) is 6.61 Å². The highest BCUT2D eigenvalue weighted by Gasteiger charge is 2.09. The minimum absolute atomic E-state index is 0.172. The van der Waals surface area contributed by atoms with E-state index in [0.29, 0.717) is 22.2 Å². The number of rotatable bonds is 3. The molecule has 0 bridgehead atoms. The third-order valence-electron chi connectivity index (χ3n) is 2.74. The van der Waals surface area contributed by atoms with Gasteiger partial charge in [-0.25, -0.2) is 4.98 Å². The van der Waals surface area contributed by atoms with E-state index in [2.05, 4.69) is 20.4 Å². The number of aliphatic hydroxyl groups is 1. The van der Waals surface area contributed by atoms with E-state index in [1.54, 1.807) is 6.07 Å². The van der Waals surface area contributed by atoms with Gasteiger partial charge < -0.3 is 5.11 Å². The van der Waals surface area contributed by atoms with Gasteiger partial charge in [-0.1, -0.05) is 41.9 Å². The Labute approximate surface area is 119 Å². The molecule has 0 spiro atoms. The summed E-state index contributed by atoms with van der Waals surface area (Å²) in [5.74, 6) is 0.959. The number of hydrogen-bond acceptors (Lipinski definition) is 5. The van der Waals surface area contributed by atoms with Gasteiger partial charge in [0, 0.05) is 17.3 Å². The zero-order valence-electron chi connectivity index (χ0n) is 10.3. The Hall–Kier alpha value is -2.31. The molecule has 0 aliphatic carbocycles. The fourth-order valence-corrected chi connectivity index (χ4v) is 1.88.